The van der Waals surface area contributed by atoms with Gasteiger partial charge in [0, 0.05) is 7.05 Å². The van der Waals surface area contributed by atoms with Gasteiger partial charge in [0.1, 0.15) is 11.4 Å². The molecule has 3 N–H and O–H groups in total. The number of hydrogen-bond donors (Lipinski definition) is 3. The van der Waals surface area contributed by atoms with Crippen LogP contribution in [0.5, 0.6) is 0 Å². The second-order valence-electron chi connectivity index (χ2n) is 7.22. The molecule has 3 rings (SSSR count). The lowest BCUT2D eigenvalue weighted by atomic mass is 9.96. The highest BCUT2D eigenvalue weighted by Gasteiger charge is 2.23. The van der Waals surface area contributed by atoms with Crippen LogP contribution in [0.4, 0.5) is 0 Å². The molecule has 152 valence electrons. The largest absolute Gasteiger partial charge is 0.384 e. The highest BCUT2D eigenvalue weighted by atomic mass is 16.3. The van der Waals surface area contributed by atoms with E-state index < -0.39 is 5.60 Å². The lowest BCUT2D eigenvalue weighted by Crippen LogP contribution is -2.44. The lowest BCUT2D eigenvalue weighted by Gasteiger charge is -2.25. The van der Waals surface area contributed by atoms with Gasteiger partial charge in [0.05, 0.1) is 19.6 Å². The van der Waals surface area contributed by atoms with Crippen LogP contribution in [-0.4, -0.2) is 32.4 Å². The second-order valence-corrected chi connectivity index (χ2v) is 7.22. The Morgan fingerprint density at radius 3 is 2.31 bits per heavy atom. The summed E-state index contributed by atoms with van der Waals surface area (Å²) in [6, 6.07) is 19.6. The molecule has 1 aromatic heterocycles. The van der Waals surface area contributed by atoms with E-state index in [1.165, 1.54) is 0 Å². The fourth-order valence-corrected chi connectivity index (χ4v) is 2.85. The van der Waals surface area contributed by atoms with Crippen LogP contribution in [0, 0.1) is 6.92 Å². The predicted molar refractivity (Wildman–Crippen MR) is 114 cm³/mol. The van der Waals surface area contributed by atoms with E-state index in [4.69, 9.17) is 0 Å². The van der Waals surface area contributed by atoms with Gasteiger partial charge in [-0.2, -0.15) is 0 Å². The minimum Gasteiger partial charge on any atom is -0.384 e. The van der Waals surface area contributed by atoms with Crippen molar-refractivity contribution in [2.75, 3.05) is 6.54 Å². The highest BCUT2D eigenvalue weighted by Crippen LogP contribution is 2.18. The van der Waals surface area contributed by atoms with E-state index in [0.29, 0.717) is 25.6 Å². The maximum Gasteiger partial charge on any atom is 0.192 e. The summed E-state index contributed by atoms with van der Waals surface area (Å²) in [5.74, 6) is 2.27. The van der Waals surface area contributed by atoms with E-state index >= 15 is 0 Å². The standard InChI is InChI=1S/C22H28N6O/c1-17-26-27-20(28(17)3)15-24-21(23-14-18-10-6-4-7-11-18)25-16-22(2,29)19-12-8-5-9-13-19/h4-13,29H,14-16H2,1-3H3,(H2,23,24,25). The molecule has 0 bridgehead atoms. The Hall–Kier alpha value is -3.19. The average Bonchev–Trinajstić information content (AvgIpc) is 3.06. The fraction of sp³-hybridized carbons (Fsp3) is 0.318. The van der Waals surface area contributed by atoms with Crippen molar-refractivity contribution in [1.82, 2.24) is 25.4 Å². The maximum atomic E-state index is 10.9. The third-order valence-electron chi connectivity index (χ3n) is 4.85. The number of rotatable bonds is 7. The second kappa shape index (κ2) is 9.34. The van der Waals surface area contributed by atoms with Crippen molar-refractivity contribution in [2.24, 2.45) is 12.0 Å². The summed E-state index contributed by atoms with van der Waals surface area (Å²) in [5.41, 5.74) is 0.925. The Kier molecular flexibility index (Phi) is 6.61. The Balaban J connectivity index is 1.70. The molecule has 3 aromatic rings. The monoisotopic (exact) mass is 392 g/mol. The number of aromatic nitrogens is 3. The molecule has 7 heteroatoms. The summed E-state index contributed by atoms with van der Waals surface area (Å²) in [5, 5.41) is 25.7. The van der Waals surface area contributed by atoms with Gasteiger partial charge < -0.3 is 20.3 Å². The first-order chi connectivity index (χ1) is 14.0. The Morgan fingerprint density at radius 2 is 1.69 bits per heavy atom. The highest BCUT2D eigenvalue weighted by molar-refractivity contribution is 5.79. The van der Waals surface area contributed by atoms with Crippen LogP contribution in [0.25, 0.3) is 0 Å². The molecule has 7 nitrogen and oxygen atoms in total. The Bertz CT molecular complexity index is 934. The predicted octanol–water partition coefficient (Wildman–Crippen LogP) is 2.27. The number of hydrogen-bond acceptors (Lipinski definition) is 4. The molecular formula is C22H28N6O. The van der Waals surface area contributed by atoms with Crippen molar-refractivity contribution in [1.29, 1.82) is 0 Å². The first-order valence-corrected chi connectivity index (χ1v) is 9.64. The molecule has 0 spiro atoms. The summed E-state index contributed by atoms with van der Waals surface area (Å²) >= 11 is 0. The number of nitrogens with zero attached hydrogens (tertiary/aromatic N) is 4. The van der Waals surface area contributed by atoms with Gasteiger partial charge in [0.2, 0.25) is 0 Å². The normalized spacial score (nSPS) is 13.7. The number of nitrogens with one attached hydrogen (secondary N) is 2. The first-order valence-electron chi connectivity index (χ1n) is 9.64. The minimum absolute atomic E-state index is 0.315. The van der Waals surface area contributed by atoms with E-state index in [-0.39, 0.29) is 0 Å². The molecule has 2 aromatic carbocycles. The number of guanidine groups is 1. The Morgan fingerprint density at radius 1 is 1.03 bits per heavy atom. The SMILES string of the molecule is Cc1nnc(CNC(=NCc2ccccc2)NCC(C)(O)c2ccccc2)n1C. The van der Waals surface area contributed by atoms with E-state index in [2.05, 4.69) is 25.8 Å². The van der Waals surface area contributed by atoms with Gasteiger partial charge in [0.25, 0.3) is 0 Å². The van der Waals surface area contributed by atoms with Crippen LogP contribution in [0.2, 0.25) is 0 Å². The van der Waals surface area contributed by atoms with Gasteiger partial charge in [-0.1, -0.05) is 60.7 Å². The maximum absolute atomic E-state index is 10.9. The zero-order chi connectivity index (χ0) is 20.7. The molecule has 1 atom stereocenters. The van der Waals surface area contributed by atoms with Crippen LogP contribution in [-0.2, 0) is 25.7 Å². The molecule has 0 aliphatic heterocycles. The molecule has 0 fully saturated rings. The minimum atomic E-state index is -1.03. The van der Waals surface area contributed by atoms with Gasteiger partial charge in [-0.25, -0.2) is 4.99 Å². The van der Waals surface area contributed by atoms with Crippen molar-refractivity contribution in [3.63, 3.8) is 0 Å². The van der Waals surface area contributed by atoms with Crippen molar-refractivity contribution in [3.05, 3.63) is 83.4 Å². The zero-order valence-electron chi connectivity index (χ0n) is 17.1. The van der Waals surface area contributed by atoms with E-state index in [0.717, 1.165) is 22.8 Å². The number of benzene rings is 2. The third kappa shape index (κ3) is 5.65. The summed E-state index contributed by atoms with van der Waals surface area (Å²) < 4.78 is 1.93. The van der Waals surface area contributed by atoms with Gasteiger partial charge >= 0.3 is 0 Å². The molecule has 1 heterocycles. The van der Waals surface area contributed by atoms with Crippen LogP contribution in [0.1, 0.15) is 29.7 Å². The van der Waals surface area contributed by atoms with Crippen molar-refractivity contribution >= 4 is 5.96 Å². The molecule has 0 amide bonds. The van der Waals surface area contributed by atoms with Gasteiger partial charge in [-0.3, -0.25) is 0 Å². The van der Waals surface area contributed by atoms with E-state index in [9.17, 15) is 5.11 Å². The smallest absolute Gasteiger partial charge is 0.192 e. The number of aryl methyl sites for hydroxylation is 1. The van der Waals surface area contributed by atoms with Crippen LogP contribution in [0.15, 0.2) is 65.7 Å². The Labute approximate surface area is 171 Å². The van der Waals surface area contributed by atoms with Gasteiger partial charge in [-0.05, 0) is 25.0 Å². The number of aliphatic hydroxyl groups is 1. The molecule has 0 saturated carbocycles. The first kappa shape index (κ1) is 20.5. The topological polar surface area (TPSA) is 87.4 Å². The molecule has 29 heavy (non-hydrogen) atoms. The van der Waals surface area contributed by atoms with Crippen molar-refractivity contribution in [2.45, 2.75) is 32.5 Å². The van der Waals surface area contributed by atoms with Gasteiger partial charge in [-0.15, -0.1) is 10.2 Å². The van der Waals surface area contributed by atoms with Gasteiger partial charge in [0.15, 0.2) is 11.8 Å². The molecule has 0 aliphatic carbocycles. The lowest BCUT2D eigenvalue weighted by molar-refractivity contribution is 0.0617. The van der Waals surface area contributed by atoms with Crippen molar-refractivity contribution in [3.8, 4) is 0 Å². The zero-order valence-corrected chi connectivity index (χ0v) is 17.1. The molecular weight excluding hydrogens is 364 g/mol. The quantitative estimate of drug-likeness (QED) is 0.424. The van der Waals surface area contributed by atoms with Crippen LogP contribution in [0.3, 0.4) is 0 Å². The van der Waals surface area contributed by atoms with Crippen LogP contribution < -0.4 is 10.6 Å². The average molecular weight is 393 g/mol. The molecule has 0 radical (unpaired) electrons. The summed E-state index contributed by atoms with van der Waals surface area (Å²) in [4.78, 5) is 4.67. The third-order valence-corrected chi connectivity index (χ3v) is 4.85. The molecule has 0 aliphatic rings. The fourth-order valence-electron chi connectivity index (χ4n) is 2.85. The summed E-state index contributed by atoms with van der Waals surface area (Å²) in [6.07, 6.45) is 0. The number of aliphatic imine (C=N–C) groups is 1. The molecule has 1 unspecified atom stereocenters. The molecule has 0 saturated heterocycles. The van der Waals surface area contributed by atoms with Crippen LogP contribution >= 0.6 is 0 Å². The van der Waals surface area contributed by atoms with E-state index in [1.54, 1.807) is 6.92 Å². The van der Waals surface area contributed by atoms with Crippen molar-refractivity contribution < 1.29 is 5.11 Å². The summed E-state index contributed by atoms with van der Waals surface area (Å²) in [7, 11) is 1.93. The summed E-state index contributed by atoms with van der Waals surface area (Å²) in [6.45, 7) is 5.02. The van der Waals surface area contributed by atoms with E-state index in [1.807, 2.05) is 79.2 Å².